The summed E-state index contributed by atoms with van der Waals surface area (Å²) in [7, 11) is 0. The van der Waals surface area contributed by atoms with Crippen molar-refractivity contribution >= 4 is 34.2 Å². The number of ether oxygens (including phenoxy) is 1. The molecule has 1 aromatic rings. The van der Waals surface area contributed by atoms with E-state index in [1.807, 2.05) is 24.3 Å². The van der Waals surface area contributed by atoms with Gasteiger partial charge in [-0.3, -0.25) is 4.79 Å². The lowest BCUT2D eigenvalue weighted by atomic mass is 10.2. The minimum atomic E-state index is -0.244. The molecule has 0 aliphatic carbocycles. The van der Waals surface area contributed by atoms with Crippen molar-refractivity contribution in [1.29, 1.82) is 0 Å². The van der Waals surface area contributed by atoms with Gasteiger partial charge in [0.05, 0.1) is 13.2 Å². The Bertz CT molecular complexity index is 378. The van der Waals surface area contributed by atoms with Gasteiger partial charge in [0.2, 0.25) is 5.91 Å². The summed E-state index contributed by atoms with van der Waals surface area (Å²) in [6, 6.07) is 7.47. The first-order valence-corrected chi connectivity index (χ1v) is 6.21. The van der Waals surface area contributed by atoms with Crippen LogP contribution in [0.4, 0.5) is 5.69 Å². The highest BCUT2D eigenvalue weighted by Gasteiger charge is 2.20. The van der Waals surface area contributed by atoms with Gasteiger partial charge < -0.3 is 15.4 Å². The molecule has 0 aromatic heterocycles. The van der Waals surface area contributed by atoms with Crippen LogP contribution in [0.3, 0.4) is 0 Å². The average Bonchev–Trinajstić information content (AvgIpc) is 2.30. The number of morpholine rings is 1. The summed E-state index contributed by atoms with van der Waals surface area (Å²) in [4.78, 5) is 11.8. The van der Waals surface area contributed by atoms with Gasteiger partial charge >= 0.3 is 0 Å². The SMILES string of the molecule is O=C(Nc1cccc(I)c1)C1COCCN1. The number of amides is 1. The van der Waals surface area contributed by atoms with Gasteiger partial charge in [0, 0.05) is 15.8 Å². The highest BCUT2D eigenvalue weighted by molar-refractivity contribution is 14.1. The van der Waals surface area contributed by atoms with Crippen LogP contribution < -0.4 is 10.6 Å². The molecule has 86 valence electrons. The van der Waals surface area contributed by atoms with Gasteiger partial charge in [-0.05, 0) is 40.8 Å². The Hall–Kier alpha value is -0.660. The van der Waals surface area contributed by atoms with Crippen LogP contribution in [0.2, 0.25) is 0 Å². The lowest BCUT2D eigenvalue weighted by molar-refractivity contribution is -0.120. The summed E-state index contributed by atoms with van der Waals surface area (Å²) in [5, 5.41) is 5.98. The maximum absolute atomic E-state index is 11.8. The molecule has 1 heterocycles. The smallest absolute Gasteiger partial charge is 0.243 e. The first kappa shape index (κ1) is 11.8. The molecule has 0 radical (unpaired) electrons. The fourth-order valence-corrected chi connectivity index (χ4v) is 2.07. The lowest BCUT2D eigenvalue weighted by Crippen LogP contribution is -2.48. The summed E-state index contributed by atoms with van der Waals surface area (Å²) in [5.41, 5.74) is 0.823. The quantitative estimate of drug-likeness (QED) is 0.801. The van der Waals surface area contributed by atoms with E-state index in [0.717, 1.165) is 15.8 Å². The van der Waals surface area contributed by atoms with E-state index < -0.39 is 0 Å². The van der Waals surface area contributed by atoms with Crippen LogP contribution in [-0.2, 0) is 9.53 Å². The first-order chi connectivity index (χ1) is 7.75. The summed E-state index contributed by atoms with van der Waals surface area (Å²) < 4.78 is 6.34. The van der Waals surface area contributed by atoms with Crippen LogP contribution in [0.15, 0.2) is 24.3 Å². The molecule has 1 saturated heterocycles. The predicted octanol–water partition coefficient (Wildman–Crippen LogP) is 1.22. The fourth-order valence-electron chi connectivity index (χ4n) is 1.53. The number of hydrogen-bond donors (Lipinski definition) is 2. The Labute approximate surface area is 108 Å². The van der Waals surface area contributed by atoms with E-state index in [1.165, 1.54) is 0 Å². The lowest BCUT2D eigenvalue weighted by Gasteiger charge is -2.22. The van der Waals surface area contributed by atoms with Gasteiger partial charge in [0.25, 0.3) is 0 Å². The molecule has 0 spiro atoms. The number of anilines is 1. The highest BCUT2D eigenvalue weighted by Crippen LogP contribution is 2.12. The molecule has 1 atom stereocenters. The molecule has 1 aliphatic rings. The largest absolute Gasteiger partial charge is 0.378 e. The third kappa shape index (κ3) is 3.16. The fraction of sp³-hybridized carbons (Fsp3) is 0.364. The number of carbonyl (C=O) groups excluding carboxylic acids is 1. The van der Waals surface area contributed by atoms with Gasteiger partial charge in [-0.25, -0.2) is 0 Å². The number of halogens is 1. The highest BCUT2D eigenvalue weighted by atomic mass is 127. The summed E-state index contributed by atoms with van der Waals surface area (Å²) in [5.74, 6) is -0.0401. The predicted molar refractivity (Wildman–Crippen MR) is 70.4 cm³/mol. The molecule has 5 heteroatoms. The van der Waals surface area contributed by atoms with Gasteiger partial charge in [-0.1, -0.05) is 6.07 Å². The van der Waals surface area contributed by atoms with Gasteiger partial charge in [0.1, 0.15) is 6.04 Å². The third-order valence-electron chi connectivity index (χ3n) is 2.33. The molecule has 1 aliphatic heterocycles. The Kier molecular flexibility index (Phi) is 4.14. The van der Waals surface area contributed by atoms with Crippen molar-refractivity contribution in [2.45, 2.75) is 6.04 Å². The van der Waals surface area contributed by atoms with E-state index in [9.17, 15) is 4.79 Å². The molecule has 1 amide bonds. The van der Waals surface area contributed by atoms with E-state index in [0.29, 0.717) is 13.2 Å². The van der Waals surface area contributed by atoms with Crippen molar-refractivity contribution < 1.29 is 9.53 Å². The monoisotopic (exact) mass is 332 g/mol. The van der Waals surface area contributed by atoms with Gasteiger partial charge in [-0.2, -0.15) is 0 Å². The minimum Gasteiger partial charge on any atom is -0.378 e. The summed E-state index contributed by atoms with van der Waals surface area (Å²) in [6.07, 6.45) is 0. The third-order valence-corrected chi connectivity index (χ3v) is 3.00. The zero-order valence-corrected chi connectivity index (χ0v) is 10.9. The number of benzene rings is 1. The Morgan fingerprint density at radius 2 is 2.44 bits per heavy atom. The minimum absolute atomic E-state index is 0.0401. The number of rotatable bonds is 2. The molecular formula is C11H13IN2O2. The zero-order chi connectivity index (χ0) is 11.4. The van der Waals surface area contributed by atoms with Crippen LogP contribution in [0.1, 0.15) is 0 Å². The second-order valence-corrected chi connectivity index (χ2v) is 4.83. The maximum Gasteiger partial charge on any atom is 0.243 e. The normalized spacial score (nSPS) is 20.4. The molecule has 4 nitrogen and oxygen atoms in total. The maximum atomic E-state index is 11.8. The van der Waals surface area contributed by atoms with Crippen molar-refractivity contribution in [2.24, 2.45) is 0 Å². The van der Waals surface area contributed by atoms with Crippen LogP contribution in [0.5, 0.6) is 0 Å². The molecule has 2 N–H and O–H groups in total. The van der Waals surface area contributed by atoms with Crippen LogP contribution >= 0.6 is 22.6 Å². The van der Waals surface area contributed by atoms with E-state index in [2.05, 4.69) is 33.2 Å². The van der Waals surface area contributed by atoms with Crippen molar-refractivity contribution in [3.63, 3.8) is 0 Å². The van der Waals surface area contributed by atoms with E-state index in [4.69, 9.17) is 4.74 Å². The topological polar surface area (TPSA) is 50.4 Å². The van der Waals surface area contributed by atoms with E-state index >= 15 is 0 Å². The Morgan fingerprint density at radius 1 is 1.56 bits per heavy atom. The summed E-state index contributed by atoms with van der Waals surface area (Å²) >= 11 is 2.22. The molecule has 1 unspecified atom stereocenters. The number of carbonyl (C=O) groups is 1. The molecule has 0 saturated carbocycles. The number of hydrogen-bond acceptors (Lipinski definition) is 3. The number of nitrogens with one attached hydrogen (secondary N) is 2. The van der Waals surface area contributed by atoms with Crippen molar-refractivity contribution in [3.05, 3.63) is 27.8 Å². The van der Waals surface area contributed by atoms with Gasteiger partial charge in [-0.15, -0.1) is 0 Å². The molecule has 0 bridgehead atoms. The van der Waals surface area contributed by atoms with Crippen LogP contribution in [0.25, 0.3) is 0 Å². The van der Waals surface area contributed by atoms with E-state index in [-0.39, 0.29) is 11.9 Å². The molecule has 1 aromatic carbocycles. The van der Waals surface area contributed by atoms with Crippen molar-refractivity contribution in [1.82, 2.24) is 5.32 Å². The van der Waals surface area contributed by atoms with Crippen LogP contribution in [-0.4, -0.2) is 31.7 Å². The average molecular weight is 332 g/mol. The zero-order valence-electron chi connectivity index (χ0n) is 8.70. The Balaban J connectivity index is 1.96. The molecule has 2 rings (SSSR count). The molecular weight excluding hydrogens is 319 g/mol. The van der Waals surface area contributed by atoms with E-state index in [1.54, 1.807) is 0 Å². The first-order valence-electron chi connectivity index (χ1n) is 5.13. The molecule has 1 fully saturated rings. The Morgan fingerprint density at radius 3 is 3.12 bits per heavy atom. The van der Waals surface area contributed by atoms with Crippen molar-refractivity contribution in [3.8, 4) is 0 Å². The second-order valence-electron chi connectivity index (χ2n) is 3.58. The second kappa shape index (κ2) is 5.60. The van der Waals surface area contributed by atoms with Crippen molar-refractivity contribution in [2.75, 3.05) is 25.1 Å². The standard InChI is InChI=1S/C11H13IN2O2/c12-8-2-1-3-9(6-8)14-11(15)10-7-16-5-4-13-10/h1-3,6,10,13H,4-5,7H2,(H,14,15). The van der Waals surface area contributed by atoms with Crippen LogP contribution in [0, 0.1) is 3.57 Å². The summed E-state index contributed by atoms with van der Waals surface area (Å²) in [6.45, 7) is 1.84. The van der Waals surface area contributed by atoms with Gasteiger partial charge in [0.15, 0.2) is 0 Å². The molecule has 16 heavy (non-hydrogen) atoms.